The van der Waals surface area contributed by atoms with Gasteiger partial charge in [0.15, 0.2) is 14.6 Å². The number of rotatable bonds is 3. The fourth-order valence-electron chi connectivity index (χ4n) is 3.34. The van der Waals surface area contributed by atoms with E-state index in [1.54, 1.807) is 4.90 Å². The van der Waals surface area contributed by atoms with Crippen molar-refractivity contribution in [2.45, 2.75) is 43.8 Å². The van der Waals surface area contributed by atoms with E-state index >= 15 is 0 Å². The Balaban J connectivity index is 0.00000200. The highest BCUT2D eigenvalue weighted by Gasteiger charge is 2.53. The molecule has 1 saturated heterocycles. The summed E-state index contributed by atoms with van der Waals surface area (Å²) >= 11 is 0. The lowest BCUT2D eigenvalue weighted by Crippen LogP contribution is -2.52. The average Bonchev–Trinajstić information content (AvgIpc) is 2.95. The molecular formula is C13H25ClN2O3S. The first-order valence-electron chi connectivity index (χ1n) is 6.93. The molecule has 20 heavy (non-hydrogen) atoms. The summed E-state index contributed by atoms with van der Waals surface area (Å²) in [6, 6.07) is 0. The van der Waals surface area contributed by atoms with Crippen LogP contribution in [0.1, 0.15) is 39.0 Å². The molecule has 0 aromatic rings. The van der Waals surface area contributed by atoms with Crippen molar-refractivity contribution in [2.75, 3.05) is 25.9 Å². The monoisotopic (exact) mass is 324 g/mol. The Morgan fingerprint density at radius 2 is 1.80 bits per heavy atom. The van der Waals surface area contributed by atoms with Crippen LogP contribution in [0.5, 0.6) is 0 Å². The molecule has 0 spiro atoms. The van der Waals surface area contributed by atoms with Crippen molar-refractivity contribution in [3.63, 3.8) is 0 Å². The predicted octanol–water partition coefficient (Wildman–Crippen LogP) is 0.963. The van der Waals surface area contributed by atoms with Gasteiger partial charge in [-0.2, -0.15) is 0 Å². The van der Waals surface area contributed by atoms with Gasteiger partial charge in [-0.15, -0.1) is 12.4 Å². The third-order valence-corrected chi connectivity index (χ3v) is 6.85. The molecule has 1 heterocycles. The normalized spacial score (nSPS) is 29.2. The maximum absolute atomic E-state index is 12.7. The molecule has 1 atom stereocenters. The molecule has 2 N–H and O–H groups in total. The van der Waals surface area contributed by atoms with Crippen LogP contribution >= 0.6 is 12.4 Å². The summed E-state index contributed by atoms with van der Waals surface area (Å²) in [6.45, 7) is 3.80. The largest absolute Gasteiger partial charge is 0.341 e. The zero-order chi connectivity index (χ0) is 14.3. The second kappa shape index (κ2) is 5.81. The summed E-state index contributed by atoms with van der Waals surface area (Å²) in [7, 11) is -3.37. The summed E-state index contributed by atoms with van der Waals surface area (Å²) in [5, 5.41) is 0. The number of carbonyl (C=O) groups excluding carboxylic acids is 1. The summed E-state index contributed by atoms with van der Waals surface area (Å²) in [5.41, 5.74) is 5.68. The van der Waals surface area contributed by atoms with Crippen LogP contribution in [0.15, 0.2) is 0 Å². The minimum Gasteiger partial charge on any atom is -0.341 e. The molecule has 1 aliphatic heterocycles. The molecule has 7 heteroatoms. The number of amides is 1. The van der Waals surface area contributed by atoms with Gasteiger partial charge in [-0.25, -0.2) is 8.42 Å². The lowest BCUT2D eigenvalue weighted by Gasteiger charge is -2.31. The predicted molar refractivity (Wildman–Crippen MR) is 81.6 cm³/mol. The SMILES string of the molecule is CC1(CN)CCN(C(=O)C2(S(C)(=O)=O)CCCC2)C1.Cl. The van der Waals surface area contributed by atoms with E-state index in [1.807, 2.05) is 0 Å². The molecule has 118 valence electrons. The van der Waals surface area contributed by atoms with Crippen molar-refractivity contribution in [1.29, 1.82) is 0 Å². The van der Waals surface area contributed by atoms with Gasteiger partial charge < -0.3 is 10.6 Å². The second-order valence-electron chi connectivity index (χ2n) is 6.47. The van der Waals surface area contributed by atoms with Crippen molar-refractivity contribution >= 4 is 28.2 Å². The second-order valence-corrected chi connectivity index (χ2v) is 8.79. The molecule has 1 amide bonds. The van der Waals surface area contributed by atoms with Crippen LogP contribution in [-0.2, 0) is 14.6 Å². The van der Waals surface area contributed by atoms with Crippen LogP contribution < -0.4 is 5.73 Å². The Morgan fingerprint density at radius 3 is 2.20 bits per heavy atom. The highest BCUT2D eigenvalue weighted by molar-refractivity contribution is 7.92. The Labute approximate surface area is 127 Å². The topological polar surface area (TPSA) is 80.5 Å². The van der Waals surface area contributed by atoms with Crippen molar-refractivity contribution in [2.24, 2.45) is 11.1 Å². The van der Waals surface area contributed by atoms with Crippen molar-refractivity contribution in [3.05, 3.63) is 0 Å². The van der Waals surface area contributed by atoms with Crippen molar-refractivity contribution in [1.82, 2.24) is 4.90 Å². The fraction of sp³-hybridized carbons (Fsp3) is 0.923. The molecule has 0 aromatic heterocycles. The Bertz CT molecular complexity index is 474. The summed E-state index contributed by atoms with van der Waals surface area (Å²) in [6.07, 6.45) is 4.64. The number of likely N-dealkylation sites (tertiary alicyclic amines) is 1. The first-order valence-corrected chi connectivity index (χ1v) is 8.82. The number of nitrogens with zero attached hydrogens (tertiary/aromatic N) is 1. The smallest absolute Gasteiger partial charge is 0.244 e. The molecular weight excluding hydrogens is 300 g/mol. The van der Waals surface area contributed by atoms with E-state index in [-0.39, 0.29) is 23.7 Å². The van der Waals surface area contributed by atoms with E-state index in [1.165, 1.54) is 6.26 Å². The van der Waals surface area contributed by atoms with Gasteiger partial charge in [0.25, 0.3) is 0 Å². The standard InChI is InChI=1S/C13H24N2O3S.ClH/c1-12(9-14)7-8-15(10-12)11(16)13(19(2,17)18)5-3-4-6-13;/h3-10,14H2,1-2H3;1H. The molecule has 2 fully saturated rings. The minimum absolute atomic E-state index is 0. The van der Waals surface area contributed by atoms with Gasteiger partial charge in [-0.05, 0) is 31.2 Å². The highest BCUT2D eigenvalue weighted by Crippen LogP contribution is 2.40. The van der Waals surface area contributed by atoms with Gasteiger partial charge in [0, 0.05) is 19.3 Å². The number of halogens is 1. The highest BCUT2D eigenvalue weighted by atomic mass is 35.5. The molecule has 0 radical (unpaired) electrons. The zero-order valence-electron chi connectivity index (χ0n) is 12.2. The van der Waals surface area contributed by atoms with Crippen molar-refractivity contribution < 1.29 is 13.2 Å². The van der Waals surface area contributed by atoms with Crippen LogP contribution in [-0.4, -0.2) is 49.9 Å². The van der Waals surface area contributed by atoms with Crippen molar-refractivity contribution in [3.8, 4) is 0 Å². The number of nitrogens with two attached hydrogens (primary N) is 1. The van der Waals surface area contributed by atoms with Gasteiger partial charge >= 0.3 is 0 Å². The first kappa shape index (κ1) is 17.7. The number of hydrogen-bond acceptors (Lipinski definition) is 4. The third-order valence-electron chi connectivity index (χ3n) is 4.85. The number of carbonyl (C=O) groups is 1. The summed E-state index contributed by atoms with van der Waals surface area (Å²) < 4.78 is 23.1. The molecule has 2 aliphatic rings. The van der Waals surface area contributed by atoms with Crippen LogP contribution in [0.2, 0.25) is 0 Å². The Hall–Kier alpha value is -0.330. The van der Waals surface area contributed by atoms with Crippen LogP contribution in [0.25, 0.3) is 0 Å². The van der Waals surface area contributed by atoms with E-state index < -0.39 is 14.6 Å². The molecule has 0 bridgehead atoms. The fourth-order valence-corrected chi connectivity index (χ4v) is 4.82. The van der Waals surface area contributed by atoms with E-state index in [4.69, 9.17) is 5.73 Å². The molecule has 5 nitrogen and oxygen atoms in total. The molecule has 1 aliphatic carbocycles. The average molecular weight is 325 g/mol. The zero-order valence-corrected chi connectivity index (χ0v) is 13.9. The lowest BCUT2D eigenvalue weighted by molar-refractivity contribution is -0.133. The molecule has 1 unspecified atom stereocenters. The molecule has 1 saturated carbocycles. The van der Waals surface area contributed by atoms with Crippen LogP contribution in [0, 0.1) is 5.41 Å². The van der Waals surface area contributed by atoms with E-state index in [0.717, 1.165) is 19.3 Å². The van der Waals surface area contributed by atoms with Gasteiger partial charge in [0.1, 0.15) is 0 Å². The quantitative estimate of drug-likeness (QED) is 0.838. The maximum Gasteiger partial charge on any atom is 0.244 e. The van der Waals surface area contributed by atoms with E-state index in [9.17, 15) is 13.2 Å². The first-order chi connectivity index (χ1) is 8.74. The maximum atomic E-state index is 12.7. The summed E-state index contributed by atoms with van der Waals surface area (Å²) in [5.74, 6) is -0.190. The molecule has 2 rings (SSSR count). The third kappa shape index (κ3) is 2.83. The van der Waals surface area contributed by atoms with Crippen LogP contribution in [0.4, 0.5) is 0 Å². The minimum atomic E-state index is -3.37. The van der Waals surface area contributed by atoms with E-state index in [2.05, 4.69) is 6.92 Å². The number of hydrogen-bond donors (Lipinski definition) is 1. The van der Waals surface area contributed by atoms with Gasteiger partial charge in [-0.1, -0.05) is 19.8 Å². The molecule has 0 aromatic carbocycles. The number of sulfone groups is 1. The van der Waals surface area contributed by atoms with Gasteiger partial charge in [0.2, 0.25) is 5.91 Å². The Morgan fingerprint density at radius 1 is 1.25 bits per heavy atom. The Kier molecular flexibility index (Phi) is 5.15. The van der Waals surface area contributed by atoms with Gasteiger partial charge in [0.05, 0.1) is 0 Å². The van der Waals surface area contributed by atoms with Crippen LogP contribution in [0.3, 0.4) is 0 Å². The lowest BCUT2D eigenvalue weighted by atomic mass is 9.90. The van der Waals surface area contributed by atoms with Gasteiger partial charge in [-0.3, -0.25) is 4.79 Å². The van der Waals surface area contributed by atoms with E-state index in [0.29, 0.717) is 32.5 Å². The summed E-state index contributed by atoms with van der Waals surface area (Å²) in [4.78, 5) is 14.4.